The second-order valence-corrected chi connectivity index (χ2v) is 15.6. The van der Waals surface area contributed by atoms with E-state index in [0.29, 0.717) is 24.5 Å². The zero-order chi connectivity index (χ0) is 30.1. The molecule has 6 aliphatic rings. The maximum Gasteiger partial charge on any atom is 0.311 e. The van der Waals surface area contributed by atoms with Gasteiger partial charge in [0, 0.05) is 19.9 Å². The number of carbonyl (C=O) groups is 2. The van der Waals surface area contributed by atoms with Gasteiger partial charge in [-0.15, -0.1) is 0 Å². The van der Waals surface area contributed by atoms with Gasteiger partial charge in [-0.25, -0.2) is 0 Å². The zero-order valence-electron chi connectivity index (χ0n) is 27.2. The number of hydrogen-bond acceptors (Lipinski definition) is 3. The molecular weight excluding hydrogens is 542 g/mol. The van der Waals surface area contributed by atoms with E-state index in [4.69, 9.17) is 4.74 Å². The van der Waals surface area contributed by atoms with Crippen LogP contribution in [0, 0.1) is 40.4 Å². The highest BCUT2D eigenvalue weighted by atomic mass is 16.5. The number of para-hydroxylation sites is 1. The minimum atomic E-state index is -0.0840. The molecule has 0 radical (unpaired) electrons. The molecule has 4 heteroatoms. The minimum Gasteiger partial charge on any atom is -0.427 e. The summed E-state index contributed by atoms with van der Waals surface area (Å²) in [7, 11) is 1.81. The average molecular weight is 598 g/mol. The normalized spacial score (nSPS) is 35.8. The van der Waals surface area contributed by atoms with Crippen molar-refractivity contribution in [2.24, 2.45) is 40.4 Å². The largest absolute Gasteiger partial charge is 0.427 e. The highest BCUT2D eigenvalue weighted by Gasteiger charge is 2.56. The number of allylic oxidation sites excluding steroid dienone is 4. The molecule has 1 aromatic rings. The van der Waals surface area contributed by atoms with Crippen molar-refractivity contribution in [1.82, 2.24) is 5.32 Å². The van der Waals surface area contributed by atoms with E-state index >= 15 is 0 Å². The summed E-state index contributed by atoms with van der Waals surface area (Å²) in [6.45, 7) is 0. The lowest BCUT2D eigenvalue weighted by Gasteiger charge is -2.50. The van der Waals surface area contributed by atoms with Crippen LogP contribution in [0.3, 0.4) is 0 Å². The third-order valence-electron chi connectivity index (χ3n) is 13.9. The van der Waals surface area contributed by atoms with Crippen molar-refractivity contribution in [2.75, 3.05) is 7.05 Å². The van der Waals surface area contributed by atoms with Crippen LogP contribution >= 0.6 is 0 Å². The van der Waals surface area contributed by atoms with Gasteiger partial charge < -0.3 is 10.1 Å². The summed E-state index contributed by atoms with van der Waals surface area (Å²) < 4.78 is 5.88. The van der Waals surface area contributed by atoms with Crippen LogP contribution in [-0.4, -0.2) is 18.9 Å². The fourth-order valence-electron chi connectivity index (χ4n) is 11.9. The number of benzene rings is 1. The predicted molar refractivity (Wildman–Crippen MR) is 176 cm³/mol. The first-order valence-corrected chi connectivity index (χ1v) is 18.4. The molecule has 0 heterocycles. The molecule has 3 fully saturated rings. The van der Waals surface area contributed by atoms with Crippen molar-refractivity contribution in [1.29, 1.82) is 0 Å². The van der Waals surface area contributed by atoms with Gasteiger partial charge in [-0.3, -0.25) is 9.59 Å². The van der Waals surface area contributed by atoms with Crippen LogP contribution in [0.1, 0.15) is 128 Å². The molecule has 6 aliphatic carbocycles. The van der Waals surface area contributed by atoms with Gasteiger partial charge >= 0.3 is 5.97 Å². The van der Waals surface area contributed by atoms with Gasteiger partial charge in [0.25, 0.3) is 0 Å². The highest BCUT2D eigenvalue weighted by molar-refractivity contribution is 5.75. The first kappa shape index (κ1) is 30.3. The summed E-state index contributed by atoms with van der Waals surface area (Å²) in [5.41, 5.74) is 5.41. The van der Waals surface area contributed by atoms with Gasteiger partial charge in [0.1, 0.15) is 5.75 Å². The standard InChI is InChI=1S/C40H55NO3/c1-41-37(42)20-22-39(30-11-9-10-28(26-30)29-18-19-31(39)27-29)24-25-40(23-21-38(43)44-32-12-3-2-4-13-32)35-16-7-5-14-33(35)34-15-6-8-17-36(34)40/h2-4,12-14,28-31,35H,5-11,15-27H2,1H3,(H,41,42)/t28?,29-,30?,31?,35?,39?,40-/m0/s1. The Bertz CT molecular complexity index is 1280. The lowest BCUT2D eigenvalue weighted by molar-refractivity contribution is -0.135. The minimum absolute atomic E-state index is 0.0656. The Kier molecular flexibility index (Phi) is 8.81. The fraction of sp³-hybridized carbons (Fsp3) is 0.700. The summed E-state index contributed by atoms with van der Waals surface area (Å²) in [6.07, 6.45) is 26.6. The van der Waals surface area contributed by atoms with E-state index in [-0.39, 0.29) is 22.7 Å². The Balaban J connectivity index is 1.23. The van der Waals surface area contributed by atoms with Crippen LogP contribution in [-0.2, 0) is 9.59 Å². The van der Waals surface area contributed by atoms with E-state index in [1.54, 1.807) is 23.8 Å². The van der Waals surface area contributed by atoms with Gasteiger partial charge in [-0.05, 0) is 166 Å². The van der Waals surface area contributed by atoms with Crippen LogP contribution in [0.2, 0.25) is 0 Å². The molecular formula is C40H55NO3. The molecule has 0 aromatic heterocycles. The van der Waals surface area contributed by atoms with Crippen molar-refractivity contribution in [3.63, 3.8) is 0 Å². The number of carbonyl (C=O) groups excluding carboxylic acids is 2. The lowest BCUT2D eigenvalue weighted by Crippen LogP contribution is -2.42. The molecule has 5 unspecified atom stereocenters. The van der Waals surface area contributed by atoms with Crippen LogP contribution in [0.25, 0.3) is 0 Å². The number of esters is 1. The molecule has 44 heavy (non-hydrogen) atoms. The first-order valence-electron chi connectivity index (χ1n) is 18.4. The second kappa shape index (κ2) is 12.8. The predicted octanol–water partition coefficient (Wildman–Crippen LogP) is 9.50. The summed E-state index contributed by atoms with van der Waals surface area (Å²) in [5, 5.41) is 2.96. The van der Waals surface area contributed by atoms with Crippen LogP contribution < -0.4 is 10.1 Å². The molecule has 1 N–H and O–H groups in total. The van der Waals surface area contributed by atoms with Crippen molar-refractivity contribution < 1.29 is 14.3 Å². The molecule has 1 amide bonds. The molecule has 0 aliphatic heterocycles. The van der Waals surface area contributed by atoms with E-state index in [0.717, 1.165) is 36.5 Å². The number of fused-ring (bicyclic) bond motifs is 7. The number of ether oxygens (including phenoxy) is 1. The van der Waals surface area contributed by atoms with E-state index in [2.05, 4.69) is 11.4 Å². The van der Waals surface area contributed by atoms with Crippen LogP contribution in [0.5, 0.6) is 5.75 Å². The number of nitrogens with one attached hydrogen (secondary N) is 1. The topological polar surface area (TPSA) is 55.4 Å². The SMILES string of the molecule is CNC(=O)CCC1(CC[C@]2(CCC(=O)Oc3ccccc3)C3=C(CCCC3)C3=CCCCC32)C2CCCC(C2)[C@H]2CCC1C2. The fourth-order valence-corrected chi connectivity index (χ4v) is 11.9. The van der Waals surface area contributed by atoms with Gasteiger partial charge in [-0.1, -0.05) is 42.7 Å². The summed E-state index contributed by atoms with van der Waals surface area (Å²) >= 11 is 0. The molecule has 7 rings (SSSR count). The Hall–Kier alpha value is -2.36. The zero-order valence-corrected chi connectivity index (χ0v) is 27.2. The molecule has 3 saturated carbocycles. The van der Waals surface area contributed by atoms with E-state index in [9.17, 15) is 9.59 Å². The summed E-state index contributed by atoms with van der Waals surface area (Å²) in [6, 6.07) is 9.62. The average Bonchev–Trinajstić information content (AvgIpc) is 3.65. The van der Waals surface area contributed by atoms with Gasteiger partial charge in [0.05, 0.1) is 0 Å². The summed E-state index contributed by atoms with van der Waals surface area (Å²) in [5.74, 6) is 4.68. The van der Waals surface area contributed by atoms with Crippen LogP contribution in [0.15, 0.2) is 53.1 Å². The van der Waals surface area contributed by atoms with Crippen LogP contribution in [0.4, 0.5) is 0 Å². The van der Waals surface area contributed by atoms with Gasteiger partial charge in [-0.2, -0.15) is 0 Å². The Labute approximate surface area is 265 Å². The van der Waals surface area contributed by atoms with Crippen molar-refractivity contribution >= 4 is 11.9 Å². The van der Waals surface area contributed by atoms with E-state index in [1.165, 1.54) is 103 Å². The second-order valence-electron chi connectivity index (χ2n) is 15.6. The molecule has 1 aromatic carbocycles. The highest BCUT2D eigenvalue weighted by Crippen LogP contribution is 2.67. The van der Waals surface area contributed by atoms with E-state index < -0.39 is 0 Å². The number of hydrogen-bond donors (Lipinski definition) is 1. The number of rotatable bonds is 10. The van der Waals surface area contributed by atoms with Gasteiger partial charge in [0.15, 0.2) is 0 Å². The van der Waals surface area contributed by atoms with Gasteiger partial charge in [0.2, 0.25) is 5.91 Å². The quantitative estimate of drug-likeness (QED) is 0.216. The molecule has 0 spiro atoms. The maximum absolute atomic E-state index is 13.4. The molecule has 238 valence electrons. The third-order valence-corrected chi connectivity index (χ3v) is 13.9. The van der Waals surface area contributed by atoms with E-state index in [1.807, 2.05) is 30.3 Å². The third kappa shape index (κ3) is 5.51. The summed E-state index contributed by atoms with van der Waals surface area (Å²) in [4.78, 5) is 26.2. The molecule has 7 atom stereocenters. The van der Waals surface area contributed by atoms with Crippen molar-refractivity contribution in [2.45, 2.75) is 128 Å². The Morgan fingerprint density at radius 3 is 2.45 bits per heavy atom. The molecule has 0 saturated heterocycles. The smallest absolute Gasteiger partial charge is 0.311 e. The molecule has 4 bridgehead atoms. The van der Waals surface area contributed by atoms with Crippen molar-refractivity contribution in [3.8, 4) is 5.75 Å². The lowest BCUT2D eigenvalue weighted by atomic mass is 9.54. The Morgan fingerprint density at radius 1 is 0.818 bits per heavy atom. The number of amides is 1. The monoisotopic (exact) mass is 597 g/mol. The Morgan fingerprint density at radius 2 is 1.61 bits per heavy atom. The first-order chi connectivity index (χ1) is 21.5. The van der Waals surface area contributed by atoms with Crippen molar-refractivity contribution in [3.05, 3.63) is 53.1 Å². The maximum atomic E-state index is 13.4. The molecule has 4 nitrogen and oxygen atoms in total.